The van der Waals surface area contributed by atoms with E-state index < -0.39 is 35.6 Å². The summed E-state index contributed by atoms with van der Waals surface area (Å²) in [5, 5.41) is 11.6. The highest BCUT2D eigenvalue weighted by molar-refractivity contribution is 6.38. The SMILES string of the molecule is CCC(C)CC(NC(=O)c1cc2ccccc2[nH]1)C(=O)NC(CN1CCNC1=O)C(=O)C(=O)NCC1CC1. The Bertz CT molecular complexity index is 1170. The van der Waals surface area contributed by atoms with Crippen LogP contribution in [0.3, 0.4) is 0 Å². The summed E-state index contributed by atoms with van der Waals surface area (Å²) in [5.41, 5.74) is 1.11. The molecule has 0 spiro atoms. The van der Waals surface area contributed by atoms with E-state index in [4.69, 9.17) is 0 Å². The monoisotopic (exact) mass is 524 g/mol. The van der Waals surface area contributed by atoms with Crippen molar-refractivity contribution < 1.29 is 24.0 Å². The molecule has 1 aromatic carbocycles. The highest BCUT2D eigenvalue weighted by atomic mass is 16.2. The second kappa shape index (κ2) is 12.1. The maximum atomic E-state index is 13.5. The Morgan fingerprint density at radius 3 is 2.53 bits per heavy atom. The predicted molar refractivity (Wildman–Crippen MR) is 141 cm³/mol. The van der Waals surface area contributed by atoms with Gasteiger partial charge in [-0.25, -0.2) is 4.79 Å². The lowest BCUT2D eigenvalue weighted by Gasteiger charge is -2.26. The van der Waals surface area contributed by atoms with Crippen molar-refractivity contribution in [1.29, 1.82) is 0 Å². The lowest BCUT2D eigenvalue weighted by Crippen LogP contribution is -2.57. The zero-order valence-corrected chi connectivity index (χ0v) is 21.8. The smallest absolute Gasteiger partial charge is 0.317 e. The second-order valence-corrected chi connectivity index (χ2v) is 10.3. The van der Waals surface area contributed by atoms with Crippen LogP contribution >= 0.6 is 0 Å². The first kappa shape index (κ1) is 27.2. The van der Waals surface area contributed by atoms with Gasteiger partial charge in [0.15, 0.2) is 0 Å². The van der Waals surface area contributed by atoms with Crippen LogP contribution in [0.25, 0.3) is 10.9 Å². The molecule has 1 aromatic heterocycles. The molecule has 5 amide bonds. The lowest BCUT2D eigenvalue weighted by atomic mass is 9.98. The number of carbonyl (C=O) groups excluding carboxylic acids is 5. The van der Waals surface area contributed by atoms with Crippen LogP contribution in [0.5, 0.6) is 0 Å². The van der Waals surface area contributed by atoms with Crippen molar-refractivity contribution in [1.82, 2.24) is 31.2 Å². The van der Waals surface area contributed by atoms with E-state index in [2.05, 4.69) is 26.3 Å². The second-order valence-electron chi connectivity index (χ2n) is 10.3. The molecule has 11 nitrogen and oxygen atoms in total. The number of amides is 5. The van der Waals surface area contributed by atoms with Gasteiger partial charge in [-0.1, -0.05) is 38.5 Å². The number of benzene rings is 1. The maximum absolute atomic E-state index is 13.5. The third kappa shape index (κ3) is 6.90. The highest BCUT2D eigenvalue weighted by Gasteiger charge is 2.35. The third-order valence-electron chi connectivity index (χ3n) is 7.18. The summed E-state index contributed by atoms with van der Waals surface area (Å²) in [6.45, 7) is 5.00. The van der Waals surface area contributed by atoms with Gasteiger partial charge in [0.05, 0.1) is 6.54 Å². The number of para-hydroxylation sites is 1. The van der Waals surface area contributed by atoms with Crippen LogP contribution in [0.15, 0.2) is 30.3 Å². The molecule has 1 saturated heterocycles. The van der Waals surface area contributed by atoms with E-state index in [0.29, 0.717) is 37.7 Å². The van der Waals surface area contributed by atoms with Gasteiger partial charge in [0.2, 0.25) is 11.7 Å². The van der Waals surface area contributed by atoms with Gasteiger partial charge in [0, 0.05) is 30.5 Å². The molecular weight excluding hydrogens is 488 g/mol. The van der Waals surface area contributed by atoms with Crippen LogP contribution in [0.4, 0.5) is 4.79 Å². The quantitative estimate of drug-likeness (QED) is 0.250. The molecule has 2 heterocycles. The fourth-order valence-electron chi connectivity index (χ4n) is 4.41. The largest absolute Gasteiger partial charge is 0.351 e. The summed E-state index contributed by atoms with van der Waals surface area (Å²) in [6, 6.07) is 6.63. The van der Waals surface area contributed by atoms with Gasteiger partial charge in [-0.05, 0) is 43.2 Å². The highest BCUT2D eigenvalue weighted by Crippen LogP contribution is 2.27. The molecule has 1 aliphatic heterocycles. The van der Waals surface area contributed by atoms with Gasteiger partial charge < -0.3 is 31.2 Å². The fraction of sp³-hybridized carbons (Fsp3) is 0.519. The van der Waals surface area contributed by atoms with Crippen molar-refractivity contribution in [3.05, 3.63) is 36.0 Å². The summed E-state index contributed by atoms with van der Waals surface area (Å²) >= 11 is 0. The maximum Gasteiger partial charge on any atom is 0.317 e. The number of Topliss-reactive ketones (excluding diaryl/α,β-unsaturated/α-hetero) is 1. The molecule has 11 heteroatoms. The number of aromatic nitrogens is 1. The molecular formula is C27H36N6O5. The van der Waals surface area contributed by atoms with E-state index >= 15 is 0 Å². The first-order chi connectivity index (χ1) is 18.2. The Hall–Kier alpha value is -3.89. The number of nitrogens with zero attached hydrogens (tertiary/aromatic N) is 1. The molecule has 2 aromatic rings. The number of fused-ring (bicyclic) bond motifs is 1. The number of rotatable bonds is 13. The summed E-state index contributed by atoms with van der Waals surface area (Å²) in [6.07, 6.45) is 3.14. The normalized spacial score (nSPS) is 17.4. The molecule has 1 aliphatic carbocycles. The van der Waals surface area contributed by atoms with Crippen molar-refractivity contribution in [2.75, 3.05) is 26.2 Å². The number of ketones is 1. The Morgan fingerprint density at radius 2 is 1.87 bits per heavy atom. The third-order valence-corrected chi connectivity index (χ3v) is 7.18. The zero-order chi connectivity index (χ0) is 27.2. The van der Waals surface area contributed by atoms with E-state index in [9.17, 15) is 24.0 Å². The van der Waals surface area contributed by atoms with Crippen LogP contribution in [0, 0.1) is 11.8 Å². The number of aromatic amines is 1. The minimum Gasteiger partial charge on any atom is -0.351 e. The van der Waals surface area contributed by atoms with Crippen molar-refractivity contribution in [2.45, 2.75) is 51.6 Å². The molecule has 4 rings (SSSR count). The van der Waals surface area contributed by atoms with Gasteiger partial charge in [0.25, 0.3) is 11.8 Å². The van der Waals surface area contributed by atoms with Gasteiger partial charge in [-0.15, -0.1) is 0 Å². The van der Waals surface area contributed by atoms with E-state index in [0.717, 1.165) is 30.2 Å². The first-order valence-corrected chi connectivity index (χ1v) is 13.3. The van der Waals surface area contributed by atoms with E-state index in [1.54, 1.807) is 6.07 Å². The van der Waals surface area contributed by atoms with Crippen LogP contribution in [0.2, 0.25) is 0 Å². The van der Waals surface area contributed by atoms with E-state index in [-0.39, 0.29) is 18.5 Å². The molecule has 1 saturated carbocycles. The summed E-state index contributed by atoms with van der Waals surface area (Å²) in [7, 11) is 0. The van der Waals surface area contributed by atoms with Crippen molar-refractivity contribution in [2.24, 2.45) is 11.8 Å². The van der Waals surface area contributed by atoms with Crippen LogP contribution in [0.1, 0.15) is 50.0 Å². The zero-order valence-electron chi connectivity index (χ0n) is 21.8. The predicted octanol–water partition coefficient (Wildman–Crippen LogP) is 1.31. The van der Waals surface area contributed by atoms with E-state index in [1.807, 2.05) is 38.1 Å². The van der Waals surface area contributed by atoms with Gasteiger partial charge in [-0.2, -0.15) is 0 Å². The minimum absolute atomic E-state index is 0.106. The van der Waals surface area contributed by atoms with Gasteiger partial charge in [0.1, 0.15) is 17.8 Å². The number of hydrogen-bond donors (Lipinski definition) is 5. The summed E-state index contributed by atoms with van der Waals surface area (Å²) in [4.78, 5) is 68.8. The van der Waals surface area contributed by atoms with Crippen LogP contribution < -0.4 is 21.3 Å². The molecule has 3 atom stereocenters. The topological polar surface area (TPSA) is 152 Å². The fourth-order valence-corrected chi connectivity index (χ4v) is 4.41. The van der Waals surface area contributed by atoms with Crippen molar-refractivity contribution in [3.8, 4) is 0 Å². The van der Waals surface area contributed by atoms with Gasteiger partial charge in [-0.3, -0.25) is 19.2 Å². The van der Waals surface area contributed by atoms with Gasteiger partial charge >= 0.3 is 6.03 Å². The number of carbonyl (C=O) groups is 5. The standard InChI is InChI=1S/C27H36N6O5/c1-3-16(2)12-20(31-25(36)21-13-18-6-4-5-7-19(18)30-21)24(35)32-22(15-33-11-10-28-27(33)38)23(34)26(37)29-14-17-8-9-17/h4-7,13,16-17,20,22,30H,3,8-12,14-15H2,1-2H3,(H,28,38)(H,29,37)(H,31,36)(H,32,35). The lowest BCUT2D eigenvalue weighted by molar-refractivity contribution is -0.140. The Morgan fingerprint density at radius 1 is 1.11 bits per heavy atom. The first-order valence-electron chi connectivity index (χ1n) is 13.3. The average molecular weight is 525 g/mol. The van der Waals surface area contributed by atoms with Crippen molar-refractivity contribution >= 4 is 40.4 Å². The van der Waals surface area contributed by atoms with Crippen LogP contribution in [-0.4, -0.2) is 77.7 Å². The molecule has 0 radical (unpaired) electrons. The number of nitrogens with one attached hydrogen (secondary N) is 5. The molecule has 2 fully saturated rings. The number of hydrogen-bond acceptors (Lipinski definition) is 5. The Labute approximate surface area is 221 Å². The summed E-state index contributed by atoms with van der Waals surface area (Å²) in [5.74, 6) is -2.15. The number of urea groups is 1. The number of H-pyrrole nitrogens is 1. The Balaban J connectivity index is 1.49. The summed E-state index contributed by atoms with van der Waals surface area (Å²) < 4.78 is 0. The average Bonchev–Trinajstić information content (AvgIpc) is 3.50. The van der Waals surface area contributed by atoms with Crippen molar-refractivity contribution in [3.63, 3.8) is 0 Å². The molecule has 204 valence electrons. The molecule has 5 N–H and O–H groups in total. The Kier molecular flexibility index (Phi) is 8.65. The minimum atomic E-state index is -1.24. The molecule has 38 heavy (non-hydrogen) atoms. The molecule has 0 bridgehead atoms. The van der Waals surface area contributed by atoms with Crippen LogP contribution in [-0.2, 0) is 14.4 Å². The molecule has 3 unspecified atom stereocenters. The molecule has 2 aliphatic rings. The van der Waals surface area contributed by atoms with E-state index in [1.165, 1.54) is 4.90 Å².